The van der Waals surface area contributed by atoms with Crippen LogP contribution in [0.2, 0.25) is 0 Å². The first kappa shape index (κ1) is 35.7. The molecule has 0 amide bonds. The predicted molar refractivity (Wildman–Crippen MR) is 111 cm³/mol. The minimum atomic E-state index is -7.36. The first-order valence-electron chi connectivity index (χ1n) is 11.4. The molecule has 0 radical (unpaired) electrons. The molecule has 0 aromatic heterocycles. The van der Waals surface area contributed by atoms with E-state index in [2.05, 4.69) is 18.8 Å². The lowest BCUT2D eigenvalue weighted by Gasteiger charge is -2.61. The molecule has 0 aromatic rings. The first-order valence-corrected chi connectivity index (χ1v) is 13.6. The molecule has 4 aliphatic rings. The smallest absolute Gasteiger partial charge is 0.430 e. The lowest BCUT2D eigenvalue weighted by atomic mass is 9.48. The van der Waals surface area contributed by atoms with Crippen molar-refractivity contribution >= 4 is 34.1 Å². The number of hydrogen-bond acceptors (Lipinski definition) is 10. The summed E-state index contributed by atoms with van der Waals surface area (Å²) in [7, 11) is -7.36. The van der Waals surface area contributed by atoms with Crippen molar-refractivity contribution in [3.05, 3.63) is 0 Å². The van der Waals surface area contributed by atoms with Crippen LogP contribution in [0.3, 0.4) is 0 Å². The summed E-state index contributed by atoms with van der Waals surface area (Å²) in [5.74, 6) is -8.08. The lowest BCUT2D eigenvalue weighted by molar-refractivity contribution is -0.434. The van der Waals surface area contributed by atoms with Crippen molar-refractivity contribution in [3.8, 4) is 0 Å². The molecule has 250 valence electrons. The Bertz CT molecular complexity index is 1170. The number of carbonyl (C=O) groups is 2. The zero-order chi connectivity index (χ0) is 33.3. The van der Waals surface area contributed by atoms with Gasteiger partial charge in [0, 0.05) is 5.41 Å². The molecule has 0 saturated heterocycles. The van der Waals surface area contributed by atoms with Gasteiger partial charge >= 0.3 is 56.3 Å². The van der Waals surface area contributed by atoms with Gasteiger partial charge in [-0.25, -0.2) is 14.8 Å². The highest BCUT2D eigenvalue weighted by atomic mass is 32.2. The second kappa shape index (κ2) is 10.7. The van der Waals surface area contributed by atoms with E-state index in [0.717, 1.165) is 0 Å². The highest BCUT2D eigenvalue weighted by molar-refractivity contribution is 7.97. The number of alkyl halides is 12. The third-order valence-electron chi connectivity index (χ3n) is 7.70. The molecule has 24 heteroatoms. The largest absolute Gasteiger partial charge is 0.463 e. The van der Waals surface area contributed by atoms with Gasteiger partial charge in [-0.2, -0.15) is 61.1 Å². The van der Waals surface area contributed by atoms with Crippen molar-refractivity contribution < 1.29 is 99.3 Å². The Kier molecular flexibility index (Phi) is 8.85. The zero-order valence-electron chi connectivity index (χ0n) is 20.6. The highest BCUT2D eigenvalue weighted by Gasteiger charge is 2.85. The summed E-state index contributed by atoms with van der Waals surface area (Å²) in [5.41, 5.74) is -4.12. The van der Waals surface area contributed by atoms with Crippen LogP contribution in [0, 0.1) is 17.3 Å². The van der Waals surface area contributed by atoms with Crippen molar-refractivity contribution in [2.45, 2.75) is 78.3 Å². The molecule has 0 spiro atoms. The van der Waals surface area contributed by atoms with Gasteiger partial charge in [0.1, 0.15) is 5.60 Å². The fourth-order valence-electron chi connectivity index (χ4n) is 6.62. The summed E-state index contributed by atoms with van der Waals surface area (Å²) in [6.45, 7) is -1.34. The van der Waals surface area contributed by atoms with E-state index < -0.39 is 117 Å². The SMILES string of the molecule is O=C(OCC12CC3CC(C1)CC(OC(=O)C(C(F)(F)F)(C(F)(F)F)S(=O)(=O)O)(C3)C2)C(SOOO)(C(F)(F)F)C(F)(F)F. The van der Waals surface area contributed by atoms with Crippen LogP contribution in [-0.4, -0.2) is 76.6 Å². The normalized spacial score (nSPS) is 28.6. The van der Waals surface area contributed by atoms with Gasteiger partial charge in [0.15, 0.2) is 0 Å². The van der Waals surface area contributed by atoms with Crippen LogP contribution < -0.4 is 0 Å². The van der Waals surface area contributed by atoms with Gasteiger partial charge in [-0.3, -0.25) is 4.55 Å². The maximum absolute atomic E-state index is 13.6. The average molecular weight is 698 g/mol. The molecular weight excluding hydrogens is 680 g/mol. The summed E-state index contributed by atoms with van der Waals surface area (Å²) < 4.78 is 195. The average Bonchev–Trinajstić information content (AvgIpc) is 2.72. The molecule has 0 aliphatic heterocycles. The fraction of sp³-hybridized carbons (Fsp3) is 0.895. The number of hydrogen-bond donors (Lipinski definition) is 2. The summed E-state index contributed by atoms with van der Waals surface area (Å²) in [6, 6.07) is 0. The molecule has 43 heavy (non-hydrogen) atoms. The Morgan fingerprint density at radius 3 is 1.63 bits per heavy atom. The summed E-state index contributed by atoms with van der Waals surface area (Å²) in [4.78, 5) is 24.9. The summed E-state index contributed by atoms with van der Waals surface area (Å²) in [6.07, 6.45) is -29.1. The van der Waals surface area contributed by atoms with E-state index in [9.17, 15) is 70.7 Å². The summed E-state index contributed by atoms with van der Waals surface area (Å²) >= 11 is -1.73. The fourth-order valence-corrected chi connectivity index (χ4v) is 7.90. The van der Waals surface area contributed by atoms with Crippen LogP contribution in [0.4, 0.5) is 52.7 Å². The van der Waals surface area contributed by atoms with Gasteiger partial charge in [0.25, 0.3) is 0 Å². The molecular formula is C19H18F12O10S2. The second-order valence-electron chi connectivity index (χ2n) is 10.7. The molecule has 4 fully saturated rings. The molecule has 4 rings (SSSR count). The molecule has 2 N–H and O–H groups in total. The van der Waals surface area contributed by atoms with Crippen LogP contribution in [0.1, 0.15) is 38.5 Å². The Hall–Kier alpha value is -1.76. The van der Waals surface area contributed by atoms with Gasteiger partial charge < -0.3 is 9.47 Å². The molecule has 2 unspecified atom stereocenters. The van der Waals surface area contributed by atoms with Crippen molar-refractivity contribution in [2.75, 3.05) is 6.61 Å². The predicted octanol–water partition coefficient (Wildman–Crippen LogP) is 5.10. The van der Waals surface area contributed by atoms with Crippen LogP contribution in [0.5, 0.6) is 0 Å². The Morgan fingerprint density at radius 2 is 1.26 bits per heavy atom. The Labute approximate surface area is 236 Å². The molecule has 10 nitrogen and oxygen atoms in total. The third kappa shape index (κ3) is 5.74. The number of halogens is 12. The van der Waals surface area contributed by atoms with E-state index in [1.165, 1.54) is 0 Å². The minimum absolute atomic E-state index is 0.170. The molecule has 0 heterocycles. The van der Waals surface area contributed by atoms with Crippen molar-refractivity contribution in [3.63, 3.8) is 0 Å². The van der Waals surface area contributed by atoms with Gasteiger partial charge in [0.05, 0.1) is 18.6 Å². The molecule has 2 atom stereocenters. The van der Waals surface area contributed by atoms with Crippen molar-refractivity contribution in [1.29, 1.82) is 0 Å². The lowest BCUT2D eigenvalue weighted by Crippen LogP contribution is -2.69. The van der Waals surface area contributed by atoms with Crippen molar-refractivity contribution in [1.82, 2.24) is 0 Å². The maximum Gasteiger partial charge on any atom is 0.430 e. The molecule has 4 bridgehead atoms. The zero-order valence-corrected chi connectivity index (χ0v) is 22.2. The van der Waals surface area contributed by atoms with E-state index in [-0.39, 0.29) is 19.3 Å². The molecule has 4 aliphatic carbocycles. The molecule has 0 aromatic carbocycles. The van der Waals surface area contributed by atoms with E-state index in [0.29, 0.717) is 0 Å². The quantitative estimate of drug-likeness (QED) is 0.0829. The Balaban J connectivity index is 1.97. The van der Waals surface area contributed by atoms with Crippen LogP contribution in [0.15, 0.2) is 0 Å². The van der Waals surface area contributed by atoms with Crippen LogP contribution in [0.25, 0.3) is 0 Å². The maximum atomic E-state index is 13.6. The Morgan fingerprint density at radius 1 is 0.791 bits per heavy atom. The van der Waals surface area contributed by atoms with Gasteiger partial charge in [0.2, 0.25) is 0 Å². The number of esters is 2. The van der Waals surface area contributed by atoms with Crippen molar-refractivity contribution in [2.24, 2.45) is 17.3 Å². The number of carbonyl (C=O) groups excluding carboxylic acids is 2. The third-order valence-corrected chi connectivity index (χ3v) is 10.1. The van der Waals surface area contributed by atoms with Gasteiger partial charge in [-0.05, 0) is 50.4 Å². The molecule has 4 saturated carbocycles. The van der Waals surface area contributed by atoms with Gasteiger partial charge in [-0.15, -0.1) is 4.33 Å². The van der Waals surface area contributed by atoms with Crippen LogP contribution in [-0.2, 0) is 38.6 Å². The van der Waals surface area contributed by atoms with E-state index >= 15 is 0 Å². The second-order valence-corrected chi connectivity index (χ2v) is 13.1. The first-order chi connectivity index (χ1) is 19.1. The van der Waals surface area contributed by atoms with Gasteiger partial charge in [-0.1, -0.05) is 5.04 Å². The topological polar surface area (TPSA) is 146 Å². The highest BCUT2D eigenvalue weighted by Crippen LogP contribution is 2.64. The van der Waals surface area contributed by atoms with E-state index in [1.807, 2.05) is 0 Å². The van der Waals surface area contributed by atoms with E-state index in [1.54, 1.807) is 0 Å². The monoisotopic (exact) mass is 698 g/mol. The standard InChI is InChI=1S/C19H18F12O10S2/c20-16(21,22)14(17(23,24)25,42-41-40-34)10(32)38-7-12-2-8-1-9(3-12)5-13(4-8,6-12)39-11(33)15(18(26,27)28,19(29,30)31)43(35,36)37/h8-9,34H,1-7H2,(H,35,36,37). The number of ether oxygens (including phenoxy) is 2. The van der Waals surface area contributed by atoms with Crippen LogP contribution >= 0.6 is 12.0 Å². The van der Waals surface area contributed by atoms with E-state index in [4.69, 9.17) is 9.81 Å². The minimum Gasteiger partial charge on any atom is -0.463 e. The summed E-state index contributed by atoms with van der Waals surface area (Å²) in [5, 5.41) is 10.8. The number of rotatable bonds is 9.